The molecule has 0 atom stereocenters. The van der Waals surface area contributed by atoms with Crippen molar-refractivity contribution in [1.82, 2.24) is 0 Å². The third kappa shape index (κ3) is 5.65. The number of hydrogen-bond acceptors (Lipinski definition) is 1. The first-order chi connectivity index (χ1) is 8.88. The Balaban J connectivity index is 0.000000232. The van der Waals surface area contributed by atoms with Gasteiger partial charge in [0.15, 0.2) is 0 Å². The van der Waals surface area contributed by atoms with Crippen LogP contribution in [0, 0.1) is 0 Å². The fraction of sp³-hybridized carbons (Fsp3) is 0.294. The Hall–Kier alpha value is -1.60. The maximum atomic E-state index is 8.20. The molecule has 0 bridgehead atoms. The zero-order valence-electron chi connectivity index (χ0n) is 11.0. The van der Waals surface area contributed by atoms with Crippen molar-refractivity contribution in [2.24, 2.45) is 0 Å². The molecule has 0 aliphatic rings. The monoisotopic (exact) mass is 242 g/mol. The molecule has 2 rings (SSSR count). The van der Waals surface area contributed by atoms with Crippen LogP contribution in [0.1, 0.15) is 26.2 Å². The van der Waals surface area contributed by atoms with E-state index in [9.17, 15) is 0 Å². The molecular weight excluding hydrogens is 220 g/mol. The minimum atomic E-state index is 0.355. The smallest absolute Gasteiger partial charge is 0.0431 e. The fourth-order valence-electron chi connectivity index (χ4n) is 1.62. The van der Waals surface area contributed by atoms with Gasteiger partial charge in [-0.05, 0) is 17.5 Å². The van der Waals surface area contributed by atoms with Gasteiger partial charge in [0.05, 0.1) is 0 Å². The molecule has 0 saturated carbocycles. The van der Waals surface area contributed by atoms with Crippen molar-refractivity contribution in [3.63, 3.8) is 0 Å². The predicted octanol–water partition coefficient (Wildman–Crippen LogP) is 4.52. The molecule has 2 aromatic rings. The molecule has 0 unspecified atom stereocenters. The molecule has 0 spiro atoms. The van der Waals surface area contributed by atoms with E-state index in [1.165, 1.54) is 17.5 Å². The van der Waals surface area contributed by atoms with Crippen molar-refractivity contribution in [3.8, 4) is 11.1 Å². The first kappa shape index (κ1) is 14.5. The molecular formula is C17H22O. The predicted molar refractivity (Wildman–Crippen MR) is 78.5 cm³/mol. The van der Waals surface area contributed by atoms with Crippen molar-refractivity contribution in [3.05, 3.63) is 60.7 Å². The van der Waals surface area contributed by atoms with Crippen LogP contribution in [0.4, 0.5) is 0 Å². The van der Waals surface area contributed by atoms with Crippen molar-refractivity contribution in [1.29, 1.82) is 0 Å². The van der Waals surface area contributed by atoms with E-state index in [1.807, 2.05) is 12.1 Å². The summed E-state index contributed by atoms with van der Waals surface area (Å²) in [5.41, 5.74) is 2.55. The summed E-state index contributed by atoms with van der Waals surface area (Å²) in [6.07, 6.45) is 3.33. The maximum Gasteiger partial charge on any atom is 0.0431 e. The van der Waals surface area contributed by atoms with Gasteiger partial charge in [-0.3, -0.25) is 0 Å². The summed E-state index contributed by atoms with van der Waals surface area (Å²) in [6.45, 7) is 2.48. The largest absolute Gasteiger partial charge is 0.396 e. The van der Waals surface area contributed by atoms with Crippen LogP contribution < -0.4 is 0 Å². The Bertz CT molecular complexity index is 353. The fourth-order valence-corrected chi connectivity index (χ4v) is 1.62. The van der Waals surface area contributed by atoms with Crippen LogP contribution in [0.3, 0.4) is 0 Å². The quantitative estimate of drug-likeness (QED) is 0.781. The van der Waals surface area contributed by atoms with E-state index in [0.29, 0.717) is 6.61 Å². The Morgan fingerprint density at radius 1 is 0.722 bits per heavy atom. The molecule has 0 aliphatic carbocycles. The normalized spacial score (nSPS) is 9.44. The molecule has 1 nitrogen and oxygen atoms in total. The molecule has 96 valence electrons. The average Bonchev–Trinajstić information content (AvgIpc) is 2.48. The highest BCUT2D eigenvalue weighted by Crippen LogP contribution is 2.17. The van der Waals surface area contributed by atoms with E-state index >= 15 is 0 Å². The summed E-state index contributed by atoms with van der Waals surface area (Å²) in [5, 5.41) is 8.20. The van der Waals surface area contributed by atoms with Crippen molar-refractivity contribution in [2.75, 3.05) is 6.61 Å². The lowest BCUT2D eigenvalue weighted by atomic mass is 10.1. The van der Waals surface area contributed by atoms with E-state index in [2.05, 4.69) is 55.5 Å². The minimum Gasteiger partial charge on any atom is -0.396 e. The van der Waals surface area contributed by atoms with Gasteiger partial charge in [0.25, 0.3) is 0 Å². The lowest BCUT2D eigenvalue weighted by Gasteiger charge is -1.98. The van der Waals surface area contributed by atoms with Gasteiger partial charge in [-0.15, -0.1) is 0 Å². The van der Waals surface area contributed by atoms with E-state index in [0.717, 1.165) is 12.8 Å². The van der Waals surface area contributed by atoms with Crippen molar-refractivity contribution < 1.29 is 5.11 Å². The van der Waals surface area contributed by atoms with Crippen LogP contribution in [0.2, 0.25) is 0 Å². The van der Waals surface area contributed by atoms with Gasteiger partial charge in [0.2, 0.25) is 0 Å². The number of rotatable bonds is 4. The average molecular weight is 242 g/mol. The summed E-state index contributed by atoms with van der Waals surface area (Å²) in [4.78, 5) is 0. The number of aliphatic hydroxyl groups excluding tert-OH is 1. The summed E-state index contributed by atoms with van der Waals surface area (Å²) in [5.74, 6) is 0. The van der Waals surface area contributed by atoms with E-state index in [-0.39, 0.29) is 0 Å². The van der Waals surface area contributed by atoms with Gasteiger partial charge < -0.3 is 5.11 Å². The summed E-state index contributed by atoms with van der Waals surface area (Å²) in [6, 6.07) is 20.8. The third-order valence-electron chi connectivity index (χ3n) is 2.64. The molecule has 0 fully saturated rings. The highest BCUT2D eigenvalue weighted by molar-refractivity contribution is 5.62. The standard InChI is InChI=1S/C12H10.C5H12O/c1-3-7-11(8-4-1)12-9-5-2-6-10-12;1-2-3-4-5-6/h1-10H;6H,2-5H2,1H3. The van der Waals surface area contributed by atoms with Crippen molar-refractivity contribution >= 4 is 0 Å². The van der Waals surface area contributed by atoms with Gasteiger partial charge in [-0.25, -0.2) is 0 Å². The SMILES string of the molecule is CCCCCO.c1ccc(-c2ccccc2)cc1. The molecule has 0 heterocycles. The first-order valence-electron chi connectivity index (χ1n) is 6.59. The Kier molecular flexibility index (Phi) is 7.58. The van der Waals surface area contributed by atoms with Crippen LogP contribution in [0.25, 0.3) is 11.1 Å². The van der Waals surface area contributed by atoms with Gasteiger partial charge in [-0.1, -0.05) is 80.4 Å². The van der Waals surface area contributed by atoms with Crippen molar-refractivity contribution in [2.45, 2.75) is 26.2 Å². The first-order valence-corrected chi connectivity index (χ1v) is 6.59. The van der Waals surface area contributed by atoms with Crippen LogP contribution in [-0.2, 0) is 0 Å². The highest BCUT2D eigenvalue weighted by Gasteiger charge is 1.91. The maximum absolute atomic E-state index is 8.20. The zero-order valence-corrected chi connectivity index (χ0v) is 11.0. The van der Waals surface area contributed by atoms with Crippen LogP contribution in [-0.4, -0.2) is 11.7 Å². The second-order valence-electron chi connectivity index (χ2n) is 4.16. The molecule has 1 N–H and O–H groups in total. The molecule has 1 heteroatoms. The second-order valence-corrected chi connectivity index (χ2v) is 4.16. The van der Waals surface area contributed by atoms with E-state index in [1.54, 1.807) is 0 Å². The molecule has 0 aliphatic heterocycles. The molecule has 18 heavy (non-hydrogen) atoms. The highest BCUT2D eigenvalue weighted by atomic mass is 16.2. The Labute approximate surface area is 110 Å². The van der Waals surface area contributed by atoms with Gasteiger partial charge in [-0.2, -0.15) is 0 Å². The minimum absolute atomic E-state index is 0.355. The number of benzene rings is 2. The molecule has 2 aromatic carbocycles. The van der Waals surface area contributed by atoms with Crippen LogP contribution in [0.5, 0.6) is 0 Å². The topological polar surface area (TPSA) is 20.2 Å². The van der Waals surface area contributed by atoms with Gasteiger partial charge in [0, 0.05) is 6.61 Å². The summed E-state index contributed by atoms with van der Waals surface area (Å²) >= 11 is 0. The third-order valence-corrected chi connectivity index (χ3v) is 2.64. The Morgan fingerprint density at radius 3 is 1.44 bits per heavy atom. The summed E-state index contributed by atoms with van der Waals surface area (Å²) < 4.78 is 0. The molecule has 0 aromatic heterocycles. The molecule has 0 radical (unpaired) electrons. The van der Waals surface area contributed by atoms with E-state index < -0.39 is 0 Å². The molecule has 0 amide bonds. The number of hydrogen-bond donors (Lipinski definition) is 1. The summed E-state index contributed by atoms with van der Waals surface area (Å²) in [7, 11) is 0. The lowest BCUT2D eigenvalue weighted by Crippen LogP contribution is -1.78. The van der Waals surface area contributed by atoms with Crippen LogP contribution in [0.15, 0.2) is 60.7 Å². The second kappa shape index (κ2) is 9.43. The number of aliphatic hydroxyl groups is 1. The Morgan fingerprint density at radius 2 is 1.17 bits per heavy atom. The molecule has 0 saturated heterocycles. The van der Waals surface area contributed by atoms with Gasteiger partial charge in [0.1, 0.15) is 0 Å². The zero-order chi connectivity index (χ0) is 13.1. The van der Waals surface area contributed by atoms with Crippen LogP contribution >= 0.6 is 0 Å². The lowest BCUT2D eigenvalue weighted by molar-refractivity contribution is 0.284. The van der Waals surface area contributed by atoms with Gasteiger partial charge >= 0.3 is 0 Å². The van der Waals surface area contributed by atoms with E-state index in [4.69, 9.17) is 5.11 Å². The number of unbranched alkanes of at least 4 members (excludes halogenated alkanes) is 2.